The number of hydrogen-bond donors (Lipinski definition) is 2. The molecule has 2 aliphatic rings. The number of imide groups is 2. The summed E-state index contributed by atoms with van der Waals surface area (Å²) in [6.45, 7) is 0.863. The molecule has 0 radical (unpaired) electrons. The zero-order valence-corrected chi connectivity index (χ0v) is 17.1. The van der Waals surface area contributed by atoms with Gasteiger partial charge in [0.15, 0.2) is 0 Å². The molecule has 4 amide bonds. The fourth-order valence-electron chi connectivity index (χ4n) is 4.36. The van der Waals surface area contributed by atoms with Crippen LogP contribution in [0.2, 0.25) is 0 Å². The van der Waals surface area contributed by atoms with Crippen LogP contribution in [0, 0.1) is 0 Å². The van der Waals surface area contributed by atoms with E-state index in [-0.39, 0.29) is 39.6 Å². The summed E-state index contributed by atoms with van der Waals surface area (Å²) in [5, 5.41) is 19.5. The maximum atomic E-state index is 13.2. The molecular formula is C22H22N2O7. The number of carbonyl (C=O) groups is 4. The highest BCUT2D eigenvalue weighted by atomic mass is 16.5. The average Bonchev–Trinajstić information content (AvgIpc) is 2.78. The summed E-state index contributed by atoms with van der Waals surface area (Å²) in [6.07, 6.45) is 0.510. The van der Waals surface area contributed by atoms with Crippen molar-refractivity contribution >= 4 is 34.4 Å². The number of methoxy groups -OCH3 is 1. The summed E-state index contributed by atoms with van der Waals surface area (Å²) in [7, 11) is 1.50. The smallest absolute Gasteiger partial charge is 0.261 e. The van der Waals surface area contributed by atoms with Crippen molar-refractivity contribution in [2.24, 2.45) is 0 Å². The van der Waals surface area contributed by atoms with Gasteiger partial charge in [-0.1, -0.05) is 6.92 Å². The van der Waals surface area contributed by atoms with Gasteiger partial charge in [-0.05, 0) is 30.7 Å². The Bertz CT molecular complexity index is 1050. The lowest BCUT2D eigenvalue weighted by Gasteiger charge is -2.36. The minimum atomic E-state index is -1.09. The van der Waals surface area contributed by atoms with E-state index >= 15 is 0 Å². The van der Waals surface area contributed by atoms with Gasteiger partial charge < -0.3 is 14.9 Å². The van der Waals surface area contributed by atoms with Gasteiger partial charge in [0.05, 0.1) is 31.9 Å². The van der Waals surface area contributed by atoms with Crippen molar-refractivity contribution in [3.05, 3.63) is 46.5 Å². The molecule has 2 N–H and O–H groups in total. The molecule has 9 heteroatoms. The van der Waals surface area contributed by atoms with Gasteiger partial charge in [0, 0.05) is 40.1 Å². The summed E-state index contributed by atoms with van der Waals surface area (Å²) in [5.41, 5.74) is 0.750. The number of rotatable bonds is 7. The number of benzene rings is 2. The molecule has 2 aromatic rings. The second-order valence-electron chi connectivity index (χ2n) is 7.57. The molecule has 0 saturated carbocycles. The normalized spacial score (nSPS) is 16.7. The third-order valence-electron chi connectivity index (χ3n) is 5.94. The molecule has 0 saturated heterocycles. The van der Waals surface area contributed by atoms with E-state index in [4.69, 9.17) is 4.74 Å². The van der Waals surface area contributed by atoms with Crippen LogP contribution < -0.4 is 0 Å². The molecule has 162 valence electrons. The fraction of sp³-hybridized carbons (Fsp3) is 0.364. The first kappa shape index (κ1) is 21.1. The highest BCUT2D eigenvalue weighted by Crippen LogP contribution is 2.38. The molecule has 2 aliphatic heterocycles. The van der Waals surface area contributed by atoms with E-state index < -0.39 is 48.9 Å². The summed E-state index contributed by atoms with van der Waals surface area (Å²) in [5.74, 6) is -2.39. The number of amides is 4. The molecule has 1 unspecified atom stereocenters. The van der Waals surface area contributed by atoms with Crippen molar-refractivity contribution in [3.8, 4) is 0 Å². The first-order valence-electron chi connectivity index (χ1n) is 9.97. The Labute approximate surface area is 177 Å². The van der Waals surface area contributed by atoms with Crippen molar-refractivity contribution < 1.29 is 34.1 Å². The zero-order chi connectivity index (χ0) is 22.4. The molecule has 2 heterocycles. The maximum Gasteiger partial charge on any atom is 0.261 e. The maximum absolute atomic E-state index is 13.2. The third-order valence-corrected chi connectivity index (χ3v) is 5.94. The summed E-state index contributed by atoms with van der Waals surface area (Å²) < 4.78 is 5.17. The Hall–Kier alpha value is -3.14. The Morgan fingerprint density at radius 1 is 0.742 bits per heavy atom. The first-order valence-corrected chi connectivity index (χ1v) is 9.97. The highest BCUT2D eigenvalue weighted by Gasteiger charge is 2.42. The van der Waals surface area contributed by atoms with Crippen molar-refractivity contribution in [2.45, 2.75) is 25.4 Å². The van der Waals surface area contributed by atoms with Crippen LogP contribution in [0.3, 0.4) is 0 Å². The molecule has 0 bridgehead atoms. The van der Waals surface area contributed by atoms with Crippen LogP contribution in [-0.4, -0.2) is 82.7 Å². The molecule has 0 aromatic heterocycles. The van der Waals surface area contributed by atoms with Gasteiger partial charge in [-0.3, -0.25) is 29.0 Å². The van der Waals surface area contributed by atoms with E-state index in [1.165, 1.54) is 36.3 Å². The van der Waals surface area contributed by atoms with Gasteiger partial charge >= 0.3 is 0 Å². The molecule has 0 aliphatic carbocycles. The lowest BCUT2D eigenvalue weighted by atomic mass is 9.85. The number of nitrogens with zero attached hydrogens (tertiary/aromatic N) is 2. The van der Waals surface area contributed by atoms with Gasteiger partial charge in [0.25, 0.3) is 23.6 Å². The topological polar surface area (TPSA) is 124 Å². The standard InChI is InChI=1S/C22H22N2O7/c1-3-11(10-31-2)23-19(27)13-4-6-15-18-16(7-5-14(17(13)18)20(23)28)22(30)24(21(15)29)12(8-25)9-26/h4-7,11-12,25-26H,3,8-10H2,1-2H3. The van der Waals surface area contributed by atoms with Crippen molar-refractivity contribution in [1.82, 2.24) is 9.80 Å². The minimum absolute atomic E-state index is 0.139. The number of ether oxygens (including phenoxy) is 1. The van der Waals surface area contributed by atoms with Crippen molar-refractivity contribution in [2.75, 3.05) is 26.9 Å². The van der Waals surface area contributed by atoms with Crippen LogP contribution in [0.25, 0.3) is 10.8 Å². The second kappa shape index (κ2) is 7.84. The van der Waals surface area contributed by atoms with E-state index in [0.717, 1.165) is 4.90 Å². The van der Waals surface area contributed by atoms with E-state index in [9.17, 15) is 29.4 Å². The monoisotopic (exact) mass is 426 g/mol. The number of aliphatic hydroxyl groups is 2. The first-order chi connectivity index (χ1) is 14.9. The molecule has 2 aromatic carbocycles. The van der Waals surface area contributed by atoms with Crippen molar-refractivity contribution in [3.63, 3.8) is 0 Å². The average molecular weight is 426 g/mol. The lowest BCUT2D eigenvalue weighted by molar-refractivity contribution is 0.0370. The Balaban J connectivity index is 1.94. The zero-order valence-electron chi connectivity index (χ0n) is 17.1. The van der Waals surface area contributed by atoms with E-state index in [1.54, 1.807) is 0 Å². The van der Waals surface area contributed by atoms with Gasteiger partial charge in [-0.2, -0.15) is 0 Å². The number of hydrogen-bond acceptors (Lipinski definition) is 7. The quantitative estimate of drug-likeness (QED) is 0.628. The van der Waals surface area contributed by atoms with Crippen LogP contribution in [0.5, 0.6) is 0 Å². The lowest BCUT2D eigenvalue weighted by Crippen LogP contribution is -2.51. The van der Waals surface area contributed by atoms with Crippen LogP contribution >= 0.6 is 0 Å². The summed E-state index contributed by atoms with van der Waals surface area (Å²) in [4.78, 5) is 54.6. The molecule has 9 nitrogen and oxygen atoms in total. The Kier molecular flexibility index (Phi) is 5.34. The second-order valence-corrected chi connectivity index (χ2v) is 7.57. The molecule has 4 rings (SSSR count). The number of carbonyl (C=O) groups excluding carboxylic acids is 4. The van der Waals surface area contributed by atoms with Crippen LogP contribution in [0.4, 0.5) is 0 Å². The molecule has 0 spiro atoms. The third kappa shape index (κ3) is 2.88. The van der Waals surface area contributed by atoms with E-state index in [1.807, 2.05) is 6.92 Å². The molecule has 1 atom stereocenters. The molecular weight excluding hydrogens is 404 g/mol. The van der Waals surface area contributed by atoms with Gasteiger partial charge in [0.1, 0.15) is 0 Å². The Morgan fingerprint density at radius 2 is 1.10 bits per heavy atom. The highest BCUT2D eigenvalue weighted by molar-refractivity contribution is 6.33. The largest absolute Gasteiger partial charge is 0.394 e. The molecule has 0 fully saturated rings. The minimum Gasteiger partial charge on any atom is -0.394 e. The predicted molar refractivity (Wildman–Crippen MR) is 109 cm³/mol. The van der Waals surface area contributed by atoms with Gasteiger partial charge in [-0.25, -0.2) is 0 Å². The SMILES string of the molecule is CCC(COC)N1C(=O)c2ccc3c4c(ccc(c24)C1=O)C(=O)N(C(CO)CO)C3=O. The predicted octanol–water partition coefficient (Wildman–Crippen LogP) is 0.810. The van der Waals surface area contributed by atoms with Crippen LogP contribution in [-0.2, 0) is 4.74 Å². The number of aliphatic hydroxyl groups excluding tert-OH is 2. The van der Waals surface area contributed by atoms with Crippen molar-refractivity contribution in [1.29, 1.82) is 0 Å². The van der Waals surface area contributed by atoms with Gasteiger partial charge in [0.2, 0.25) is 0 Å². The molecule has 31 heavy (non-hydrogen) atoms. The van der Waals surface area contributed by atoms with Gasteiger partial charge in [-0.15, -0.1) is 0 Å². The summed E-state index contributed by atoms with van der Waals surface area (Å²) in [6, 6.07) is 4.31. The van der Waals surface area contributed by atoms with E-state index in [0.29, 0.717) is 6.42 Å². The van der Waals surface area contributed by atoms with E-state index in [2.05, 4.69) is 0 Å². The Morgan fingerprint density at radius 3 is 1.39 bits per heavy atom. The van der Waals surface area contributed by atoms with Crippen LogP contribution in [0.1, 0.15) is 54.8 Å². The van der Waals surface area contributed by atoms with Crippen LogP contribution in [0.15, 0.2) is 24.3 Å². The fourth-order valence-corrected chi connectivity index (χ4v) is 4.36. The summed E-state index contributed by atoms with van der Waals surface area (Å²) >= 11 is 0.